The second-order valence-electron chi connectivity index (χ2n) is 5.44. The van der Waals surface area contributed by atoms with Gasteiger partial charge in [-0.1, -0.05) is 11.6 Å². The lowest BCUT2D eigenvalue weighted by molar-refractivity contribution is 0.0668. The molecule has 1 aromatic carbocycles. The number of halogens is 1. The first-order chi connectivity index (χ1) is 9.65. The number of aryl methyl sites for hydroxylation is 1. The van der Waals surface area contributed by atoms with Gasteiger partial charge in [0, 0.05) is 19.0 Å². The van der Waals surface area contributed by atoms with E-state index in [4.69, 9.17) is 16.3 Å². The summed E-state index contributed by atoms with van der Waals surface area (Å²) >= 11 is 5.82. The number of nitrogens with zero attached hydrogens (tertiary/aromatic N) is 1. The van der Waals surface area contributed by atoms with Crippen molar-refractivity contribution in [2.75, 3.05) is 26.1 Å². The average Bonchev–Trinajstić information content (AvgIpc) is 2.47. The van der Waals surface area contributed by atoms with Crippen molar-refractivity contribution in [1.29, 1.82) is 0 Å². The van der Waals surface area contributed by atoms with E-state index < -0.39 is 0 Å². The number of rotatable bonds is 4. The van der Waals surface area contributed by atoms with Gasteiger partial charge < -0.3 is 9.64 Å². The fourth-order valence-electron chi connectivity index (χ4n) is 2.80. The molecule has 1 unspecified atom stereocenters. The number of piperidine rings is 1. The molecule has 1 aromatic rings. The van der Waals surface area contributed by atoms with Gasteiger partial charge in [-0.25, -0.2) is 0 Å². The lowest BCUT2D eigenvalue weighted by Gasteiger charge is -2.33. The molecule has 4 heteroatoms. The van der Waals surface area contributed by atoms with Crippen molar-refractivity contribution >= 4 is 17.5 Å². The molecule has 0 saturated carbocycles. The summed E-state index contributed by atoms with van der Waals surface area (Å²) in [6.07, 6.45) is 3.21. The average molecular weight is 296 g/mol. The molecule has 1 heterocycles. The number of ether oxygens (including phenoxy) is 1. The topological polar surface area (TPSA) is 29.5 Å². The Hall–Kier alpha value is -1.22. The highest BCUT2D eigenvalue weighted by molar-refractivity contribution is 6.17. The number of alkyl halides is 1. The van der Waals surface area contributed by atoms with E-state index in [0.717, 1.165) is 31.5 Å². The van der Waals surface area contributed by atoms with Crippen LogP contribution in [0, 0.1) is 12.8 Å². The zero-order chi connectivity index (χ0) is 14.5. The van der Waals surface area contributed by atoms with Crippen molar-refractivity contribution in [3.05, 3.63) is 29.3 Å². The molecule has 1 fully saturated rings. The van der Waals surface area contributed by atoms with Gasteiger partial charge in [-0.15, -0.1) is 11.6 Å². The van der Waals surface area contributed by atoms with E-state index in [1.54, 1.807) is 7.11 Å². The molecule has 0 bridgehead atoms. The molecule has 110 valence electrons. The van der Waals surface area contributed by atoms with Crippen LogP contribution < -0.4 is 4.74 Å². The van der Waals surface area contributed by atoms with Crippen LogP contribution in [0.25, 0.3) is 0 Å². The highest BCUT2D eigenvalue weighted by Crippen LogP contribution is 2.25. The molecular weight excluding hydrogens is 274 g/mol. The van der Waals surface area contributed by atoms with Crippen molar-refractivity contribution in [2.45, 2.75) is 26.2 Å². The van der Waals surface area contributed by atoms with Gasteiger partial charge in [-0.3, -0.25) is 4.79 Å². The number of carbonyl (C=O) groups excluding carboxylic acids is 1. The molecule has 0 spiro atoms. The molecule has 0 N–H and O–H groups in total. The minimum absolute atomic E-state index is 0.0739. The molecule has 0 aromatic heterocycles. The van der Waals surface area contributed by atoms with Crippen molar-refractivity contribution in [3.63, 3.8) is 0 Å². The van der Waals surface area contributed by atoms with Crippen LogP contribution in [-0.2, 0) is 0 Å². The van der Waals surface area contributed by atoms with Crippen LogP contribution in [0.3, 0.4) is 0 Å². The van der Waals surface area contributed by atoms with Gasteiger partial charge in [0.2, 0.25) is 0 Å². The summed E-state index contributed by atoms with van der Waals surface area (Å²) in [5, 5.41) is 0. The van der Waals surface area contributed by atoms with Crippen LogP contribution in [0.5, 0.6) is 5.75 Å². The third kappa shape index (κ3) is 3.45. The lowest BCUT2D eigenvalue weighted by atomic mass is 9.95. The van der Waals surface area contributed by atoms with Gasteiger partial charge in [0.15, 0.2) is 0 Å². The molecule has 1 amide bonds. The lowest BCUT2D eigenvalue weighted by Crippen LogP contribution is -2.40. The monoisotopic (exact) mass is 295 g/mol. The second kappa shape index (κ2) is 6.98. The third-order valence-corrected chi connectivity index (χ3v) is 4.13. The summed E-state index contributed by atoms with van der Waals surface area (Å²) in [6.45, 7) is 3.63. The first-order valence-electron chi connectivity index (χ1n) is 7.15. The summed E-state index contributed by atoms with van der Waals surface area (Å²) in [5.74, 6) is 1.92. The minimum atomic E-state index is 0.0739. The predicted octanol–water partition coefficient (Wildman–Crippen LogP) is 3.48. The maximum absolute atomic E-state index is 12.7. The van der Waals surface area contributed by atoms with Crippen LogP contribution in [0.1, 0.15) is 35.2 Å². The van der Waals surface area contributed by atoms with Crippen LogP contribution in [0.15, 0.2) is 18.2 Å². The van der Waals surface area contributed by atoms with Crippen molar-refractivity contribution in [3.8, 4) is 5.75 Å². The Labute approximate surface area is 125 Å². The van der Waals surface area contributed by atoms with Crippen molar-refractivity contribution in [2.24, 2.45) is 5.92 Å². The van der Waals surface area contributed by atoms with Gasteiger partial charge in [-0.05, 0) is 44.2 Å². The van der Waals surface area contributed by atoms with E-state index in [-0.39, 0.29) is 5.91 Å². The van der Waals surface area contributed by atoms with E-state index in [1.165, 1.54) is 6.42 Å². The normalized spacial score (nSPS) is 18.9. The Kier molecular flexibility index (Phi) is 5.30. The number of methoxy groups -OCH3 is 1. The first-order valence-corrected chi connectivity index (χ1v) is 7.69. The van der Waals surface area contributed by atoms with E-state index in [2.05, 4.69) is 0 Å². The quantitative estimate of drug-likeness (QED) is 0.796. The van der Waals surface area contributed by atoms with E-state index >= 15 is 0 Å². The van der Waals surface area contributed by atoms with E-state index in [9.17, 15) is 4.79 Å². The van der Waals surface area contributed by atoms with Gasteiger partial charge in [0.05, 0.1) is 12.7 Å². The molecule has 1 saturated heterocycles. The van der Waals surface area contributed by atoms with Crippen molar-refractivity contribution < 1.29 is 9.53 Å². The zero-order valence-corrected chi connectivity index (χ0v) is 12.9. The number of benzene rings is 1. The molecule has 0 aliphatic carbocycles. The number of amides is 1. The predicted molar refractivity (Wildman–Crippen MR) is 81.7 cm³/mol. The number of hydrogen-bond acceptors (Lipinski definition) is 2. The smallest absolute Gasteiger partial charge is 0.257 e. The molecule has 20 heavy (non-hydrogen) atoms. The third-order valence-electron chi connectivity index (χ3n) is 3.91. The molecule has 0 radical (unpaired) electrons. The number of carbonyl (C=O) groups is 1. The maximum Gasteiger partial charge on any atom is 0.257 e. The Morgan fingerprint density at radius 1 is 1.50 bits per heavy atom. The Morgan fingerprint density at radius 2 is 2.30 bits per heavy atom. The van der Waals surface area contributed by atoms with Gasteiger partial charge in [0.1, 0.15) is 5.75 Å². The Balaban J connectivity index is 2.16. The van der Waals surface area contributed by atoms with Gasteiger partial charge in [0.25, 0.3) is 5.91 Å². The van der Waals surface area contributed by atoms with Gasteiger partial charge in [-0.2, -0.15) is 0 Å². The summed E-state index contributed by atoms with van der Waals surface area (Å²) < 4.78 is 5.32. The van der Waals surface area contributed by atoms with Crippen LogP contribution in [0.4, 0.5) is 0 Å². The first kappa shape index (κ1) is 15.2. The largest absolute Gasteiger partial charge is 0.496 e. The minimum Gasteiger partial charge on any atom is -0.496 e. The molecule has 3 nitrogen and oxygen atoms in total. The summed E-state index contributed by atoms with van der Waals surface area (Å²) in [7, 11) is 1.61. The highest BCUT2D eigenvalue weighted by atomic mass is 35.5. The standard InChI is InChI=1S/C16H22ClNO2/c1-12-5-6-15(20-2)14(10-12)16(19)18-9-3-4-13(11-18)7-8-17/h5-6,10,13H,3-4,7-9,11H2,1-2H3. The van der Waals surface area contributed by atoms with Crippen LogP contribution in [-0.4, -0.2) is 36.9 Å². The SMILES string of the molecule is COc1ccc(C)cc1C(=O)N1CCCC(CCCl)C1. The van der Waals surface area contributed by atoms with Crippen molar-refractivity contribution in [1.82, 2.24) is 4.90 Å². The molecule has 1 atom stereocenters. The van der Waals surface area contributed by atoms with E-state index in [1.807, 2.05) is 30.0 Å². The number of likely N-dealkylation sites (tertiary alicyclic amines) is 1. The summed E-state index contributed by atoms with van der Waals surface area (Å²) in [6, 6.07) is 5.73. The molecule has 2 rings (SSSR count). The molecule has 1 aliphatic heterocycles. The Bertz CT molecular complexity index is 474. The van der Waals surface area contributed by atoms with Crippen LogP contribution >= 0.6 is 11.6 Å². The Morgan fingerprint density at radius 3 is 3.00 bits per heavy atom. The fraction of sp³-hybridized carbons (Fsp3) is 0.562. The molecule has 1 aliphatic rings. The number of hydrogen-bond donors (Lipinski definition) is 0. The summed E-state index contributed by atoms with van der Waals surface area (Å²) in [5.41, 5.74) is 1.74. The zero-order valence-electron chi connectivity index (χ0n) is 12.2. The summed E-state index contributed by atoms with van der Waals surface area (Å²) in [4.78, 5) is 14.6. The second-order valence-corrected chi connectivity index (χ2v) is 5.82. The maximum atomic E-state index is 12.7. The van der Waals surface area contributed by atoms with Crippen LogP contribution in [0.2, 0.25) is 0 Å². The van der Waals surface area contributed by atoms with Gasteiger partial charge >= 0.3 is 0 Å². The van der Waals surface area contributed by atoms with E-state index in [0.29, 0.717) is 23.1 Å². The highest BCUT2D eigenvalue weighted by Gasteiger charge is 2.25. The fourth-order valence-corrected chi connectivity index (χ4v) is 3.11. The molecular formula is C16H22ClNO2.